The molecule has 0 aliphatic rings. The molecule has 0 saturated carbocycles. The number of carbonyl (C=O) groups is 1. The van der Waals surface area contributed by atoms with Crippen molar-refractivity contribution >= 4 is 5.78 Å². The summed E-state index contributed by atoms with van der Waals surface area (Å²) in [6.07, 6.45) is 0.940. The third kappa shape index (κ3) is 3.81. The molecule has 0 aliphatic heterocycles. The number of ketones is 1. The van der Waals surface area contributed by atoms with Gasteiger partial charge in [0.15, 0.2) is 0 Å². The molecule has 0 unspecified atom stereocenters. The molecule has 0 aromatic heterocycles. The Kier molecular flexibility index (Phi) is 5.46. The Morgan fingerprint density at radius 3 is 2.00 bits per heavy atom. The van der Waals surface area contributed by atoms with Crippen LogP contribution in [0.25, 0.3) is 0 Å². The van der Waals surface area contributed by atoms with Crippen molar-refractivity contribution in [2.45, 2.75) is 18.8 Å². The largest absolute Gasteiger partial charge is 0.299 e. The number of Topliss-reactive ketones (excluding diaryl/α,β-unsaturated/α-hetero) is 1. The van der Waals surface area contributed by atoms with Gasteiger partial charge in [-0.3, -0.25) is 4.79 Å². The summed E-state index contributed by atoms with van der Waals surface area (Å²) in [5.74, 6) is -1.70. The van der Waals surface area contributed by atoms with Gasteiger partial charge < -0.3 is 0 Å². The Morgan fingerprint density at radius 1 is 0.909 bits per heavy atom. The molecule has 0 saturated heterocycles. The molecule has 1 atom stereocenters. The number of rotatable bonds is 6. The van der Waals surface area contributed by atoms with Gasteiger partial charge in [-0.1, -0.05) is 60.7 Å². The zero-order valence-electron chi connectivity index (χ0n) is 12.1. The fourth-order valence-electron chi connectivity index (χ4n) is 2.47. The quantitative estimate of drug-likeness (QED) is 0.815. The maximum absolute atomic E-state index is 12.6. The Morgan fingerprint density at radius 2 is 1.45 bits per heavy atom. The Bertz CT molecular complexity index is 682. The van der Waals surface area contributed by atoms with E-state index in [4.69, 9.17) is 10.5 Å². The minimum Gasteiger partial charge on any atom is -0.299 e. The highest BCUT2D eigenvalue weighted by Crippen LogP contribution is 2.27. The van der Waals surface area contributed by atoms with E-state index in [0.29, 0.717) is 12.8 Å². The molecule has 3 heteroatoms. The molecule has 0 bridgehead atoms. The molecule has 0 fully saturated rings. The predicted octanol–water partition coefficient (Wildman–Crippen LogP) is 3.64. The molecule has 2 aromatic carbocycles. The lowest BCUT2D eigenvalue weighted by Gasteiger charge is -2.16. The van der Waals surface area contributed by atoms with E-state index in [2.05, 4.69) is 0 Å². The SMILES string of the molecule is N#CC(C#N)[C@H](C(=O)CCc1ccccc1)c1ccccc1. The fourth-order valence-corrected chi connectivity index (χ4v) is 2.47. The highest BCUT2D eigenvalue weighted by Gasteiger charge is 2.29. The first-order valence-corrected chi connectivity index (χ1v) is 7.17. The fraction of sp³-hybridized carbons (Fsp3) is 0.211. The van der Waals surface area contributed by atoms with Gasteiger partial charge in [-0.25, -0.2) is 0 Å². The summed E-state index contributed by atoms with van der Waals surface area (Å²) in [6, 6.07) is 22.7. The summed E-state index contributed by atoms with van der Waals surface area (Å²) in [4.78, 5) is 12.6. The van der Waals surface area contributed by atoms with Crippen molar-refractivity contribution in [1.29, 1.82) is 10.5 Å². The van der Waals surface area contributed by atoms with Gasteiger partial charge in [-0.15, -0.1) is 0 Å². The van der Waals surface area contributed by atoms with Gasteiger partial charge in [0.1, 0.15) is 11.7 Å². The monoisotopic (exact) mass is 288 g/mol. The highest BCUT2D eigenvalue weighted by atomic mass is 16.1. The van der Waals surface area contributed by atoms with Gasteiger partial charge in [0.05, 0.1) is 18.1 Å². The van der Waals surface area contributed by atoms with Crippen molar-refractivity contribution in [1.82, 2.24) is 0 Å². The van der Waals surface area contributed by atoms with Gasteiger partial charge in [0.25, 0.3) is 0 Å². The van der Waals surface area contributed by atoms with Crippen molar-refractivity contribution in [3.63, 3.8) is 0 Å². The normalized spacial score (nSPS) is 11.4. The maximum atomic E-state index is 12.6. The van der Waals surface area contributed by atoms with E-state index < -0.39 is 11.8 Å². The van der Waals surface area contributed by atoms with Crippen LogP contribution in [0.1, 0.15) is 23.5 Å². The van der Waals surface area contributed by atoms with E-state index in [-0.39, 0.29) is 5.78 Å². The lowest BCUT2D eigenvalue weighted by Crippen LogP contribution is -2.20. The van der Waals surface area contributed by atoms with Crippen molar-refractivity contribution < 1.29 is 4.79 Å². The van der Waals surface area contributed by atoms with Crippen LogP contribution in [0.4, 0.5) is 0 Å². The molecule has 3 nitrogen and oxygen atoms in total. The molecule has 0 aliphatic carbocycles. The van der Waals surface area contributed by atoms with E-state index in [9.17, 15) is 4.79 Å². The van der Waals surface area contributed by atoms with Crippen LogP contribution in [-0.4, -0.2) is 5.78 Å². The third-order valence-corrected chi connectivity index (χ3v) is 3.62. The Balaban J connectivity index is 2.17. The van der Waals surface area contributed by atoms with Crippen LogP contribution in [0.5, 0.6) is 0 Å². The van der Waals surface area contributed by atoms with Crippen LogP contribution in [0.15, 0.2) is 60.7 Å². The molecule has 0 N–H and O–H groups in total. The van der Waals surface area contributed by atoms with Crippen LogP contribution in [-0.2, 0) is 11.2 Å². The third-order valence-electron chi connectivity index (χ3n) is 3.62. The lowest BCUT2D eigenvalue weighted by atomic mass is 9.82. The van der Waals surface area contributed by atoms with E-state index in [1.165, 1.54) is 0 Å². The maximum Gasteiger partial charge on any atom is 0.147 e. The minimum absolute atomic E-state index is 0.0665. The second-order valence-electron chi connectivity index (χ2n) is 5.08. The molecule has 0 spiro atoms. The van der Waals surface area contributed by atoms with E-state index >= 15 is 0 Å². The summed E-state index contributed by atoms with van der Waals surface area (Å²) in [5, 5.41) is 18.3. The molecule has 108 valence electrons. The lowest BCUT2D eigenvalue weighted by molar-refractivity contribution is -0.120. The average molecular weight is 288 g/mol. The summed E-state index contributed by atoms with van der Waals surface area (Å²) < 4.78 is 0. The van der Waals surface area contributed by atoms with Gasteiger partial charge in [0, 0.05) is 6.42 Å². The molecule has 22 heavy (non-hydrogen) atoms. The van der Waals surface area contributed by atoms with Crippen LogP contribution >= 0.6 is 0 Å². The number of nitrogens with zero attached hydrogens (tertiary/aromatic N) is 2. The first-order chi connectivity index (χ1) is 10.8. The molecule has 0 amide bonds. The Labute approximate surface area is 130 Å². The van der Waals surface area contributed by atoms with E-state index in [0.717, 1.165) is 11.1 Å². The smallest absolute Gasteiger partial charge is 0.147 e. The van der Waals surface area contributed by atoms with Gasteiger partial charge in [0.2, 0.25) is 0 Å². The topological polar surface area (TPSA) is 64.7 Å². The zero-order chi connectivity index (χ0) is 15.8. The number of hydrogen-bond acceptors (Lipinski definition) is 3. The average Bonchev–Trinajstić information content (AvgIpc) is 2.59. The summed E-state index contributed by atoms with van der Waals surface area (Å²) in [5.41, 5.74) is 1.81. The number of nitriles is 2. The number of aryl methyl sites for hydroxylation is 1. The molecule has 0 heterocycles. The molecular weight excluding hydrogens is 272 g/mol. The van der Waals surface area contributed by atoms with Crippen molar-refractivity contribution in [3.8, 4) is 12.1 Å². The van der Waals surface area contributed by atoms with Crippen LogP contribution in [0.2, 0.25) is 0 Å². The first kappa shape index (κ1) is 15.5. The van der Waals surface area contributed by atoms with Gasteiger partial charge >= 0.3 is 0 Å². The minimum atomic E-state index is -0.953. The van der Waals surface area contributed by atoms with Crippen LogP contribution in [0, 0.1) is 28.6 Å². The van der Waals surface area contributed by atoms with Crippen molar-refractivity contribution in [2.75, 3.05) is 0 Å². The predicted molar refractivity (Wildman–Crippen MR) is 83.7 cm³/mol. The van der Waals surface area contributed by atoms with Crippen LogP contribution in [0.3, 0.4) is 0 Å². The summed E-state index contributed by atoms with van der Waals surface area (Å²) >= 11 is 0. The van der Waals surface area contributed by atoms with E-state index in [1.54, 1.807) is 12.1 Å². The number of carbonyl (C=O) groups excluding carboxylic acids is 1. The van der Waals surface area contributed by atoms with Crippen molar-refractivity contribution in [2.24, 2.45) is 5.92 Å². The summed E-state index contributed by atoms with van der Waals surface area (Å²) in [7, 11) is 0. The standard InChI is InChI=1S/C19H16N2O/c20-13-17(14-21)19(16-9-5-2-6-10-16)18(22)12-11-15-7-3-1-4-8-15/h1-10,17,19H,11-12H2/t19-/m1/s1. The first-order valence-electron chi connectivity index (χ1n) is 7.17. The Hall–Kier alpha value is -2.91. The van der Waals surface area contributed by atoms with Gasteiger partial charge in [-0.2, -0.15) is 10.5 Å². The molecule has 2 rings (SSSR count). The summed E-state index contributed by atoms with van der Waals surface area (Å²) in [6.45, 7) is 0. The van der Waals surface area contributed by atoms with Crippen LogP contribution < -0.4 is 0 Å². The second-order valence-corrected chi connectivity index (χ2v) is 5.08. The van der Waals surface area contributed by atoms with Gasteiger partial charge in [-0.05, 0) is 17.5 Å². The number of benzene rings is 2. The molecular formula is C19H16N2O. The van der Waals surface area contributed by atoms with Crippen molar-refractivity contribution in [3.05, 3.63) is 71.8 Å². The molecule has 2 aromatic rings. The number of hydrogen-bond donors (Lipinski definition) is 0. The second kappa shape index (κ2) is 7.76. The highest BCUT2D eigenvalue weighted by molar-refractivity contribution is 5.87. The van der Waals surface area contributed by atoms with E-state index in [1.807, 2.05) is 60.7 Å². The zero-order valence-corrected chi connectivity index (χ0v) is 12.1. The molecule has 0 radical (unpaired) electrons.